The fourth-order valence-electron chi connectivity index (χ4n) is 5.94. The van der Waals surface area contributed by atoms with Crippen molar-refractivity contribution in [1.82, 2.24) is 5.06 Å². The Labute approximate surface area is 227 Å². The molecule has 0 atom stereocenters. The standard InChI is InChI=1S/C35H29N2O2/c1-34(2)35(3,4)37(39)33(36(34)38)23-15-13-22(14-16-23)32-30-20-26-11-7-5-9-24(26)17-28(30)19-29-18-25-10-6-8-12-27(25)21-31(29)32/h5-21H,1-4H3. The van der Waals surface area contributed by atoms with Crippen molar-refractivity contribution in [2.75, 3.05) is 0 Å². The van der Waals surface area contributed by atoms with Crippen molar-refractivity contribution in [2.45, 2.75) is 38.8 Å². The molecular weight excluding hydrogens is 480 g/mol. The highest BCUT2D eigenvalue weighted by atomic mass is 16.5. The van der Waals surface area contributed by atoms with Gasteiger partial charge in [0.05, 0.1) is 5.56 Å². The molecule has 1 heterocycles. The number of amidine groups is 1. The van der Waals surface area contributed by atoms with Crippen molar-refractivity contribution in [2.24, 2.45) is 0 Å². The number of hydroxylamine groups is 3. The summed E-state index contributed by atoms with van der Waals surface area (Å²) in [6, 6.07) is 36.2. The zero-order valence-corrected chi connectivity index (χ0v) is 22.5. The van der Waals surface area contributed by atoms with Crippen LogP contribution in [0.3, 0.4) is 0 Å². The predicted octanol–water partition coefficient (Wildman–Crippen LogP) is 8.44. The molecule has 6 aromatic rings. The third-order valence-electron chi connectivity index (χ3n) is 9.01. The monoisotopic (exact) mass is 509 g/mol. The highest BCUT2D eigenvalue weighted by Crippen LogP contribution is 2.41. The van der Waals surface area contributed by atoms with E-state index in [0.29, 0.717) is 5.56 Å². The van der Waals surface area contributed by atoms with E-state index >= 15 is 0 Å². The Balaban J connectivity index is 1.49. The van der Waals surface area contributed by atoms with E-state index in [2.05, 4.69) is 78.9 Å². The molecule has 1 radical (unpaired) electrons. The fraction of sp³-hybridized carbons (Fsp3) is 0.171. The molecule has 4 nitrogen and oxygen atoms in total. The van der Waals surface area contributed by atoms with E-state index in [4.69, 9.17) is 0 Å². The van der Waals surface area contributed by atoms with Crippen molar-refractivity contribution < 1.29 is 9.95 Å². The number of fused-ring (bicyclic) bond motifs is 4. The zero-order chi connectivity index (χ0) is 27.1. The second-order valence-electron chi connectivity index (χ2n) is 11.7. The summed E-state index contributed by atoms with van der Waals surface area (Å²) in [5.74, 6) is 0.163. The molecule has 4 heteroatoms. The van der Waals surface area contributed by atoms with E-state index in [1.165, 1.54) is 43.1 Å². The summed E-state index contributed by atoms with van der Waals surface area (Å²) in [7, 11) is 0. The van der Waals surface area contributed by atoms with Crippen LogP contribution in [-0.2, 0) is 5.21 Å². The third-order valence-corrected chi connectivity index (χ3v) is 9.01. The van der Waals surface area contributed by atoms with Gasteiger partial charge < -0.3 is 5.21 Å². The molecule has 0 aliphatic carbocycles. The third kappa shape index (κ3) is 3.31. The Bertz CT molecular complexity index is 1890. The summed E-state index contributed by atoms with van der Waals surface area (Å²) in [5, 5.41) is 36.9. The fourth-order valence-corrected chi connectivity index (χ4v) is 5.94. The molecule has 0 unspecified atom stereocenters. The maximum Gasteiger partial charge on any atom is 0.316 e. The van der Waals surface area contributed by atoms with Gasteiger partial charge in [-0.25, -0.2) is 0 Å². The summed E-state index contributed by atoms with van der Waals surface area (Å²) in [6.07, 6.45) is 0. The lowest BCUT2D eigenvalue weighted by atomic mass is 9.84. The topological polar surface area (TPSA) is 49.2 Å². The van der Waals surface area contributed by atoms with Crippen LogP contribution in [0.5, 0.6) is 0 Å². The average Bonchev–Trinajstić information content (AvgIpc) is 3.05. The van der Waals surface area contributed by atoms with Crippen LogP contribution in [0.1, 0.15) is 33.3 Å². The molecule has 39 heavy (non-hydrogen) atoms. The first-order valence-corrected chi connectivity index (χ1v) is 13.4. The molecule has 6 aromatic carbocycles. The maximum atomic E-state index is 13.2. The number of nitrogens with zero attached hydrogens (tertiary/aromatic N) is 2. The normalized spacial score (nSPS) is 16.7. The van der Waals surface area contributed by atoms with Crippen LogP contribution in [0.15, 0.2) is 103 Å². The van der Waals surface area contributed by atoms with Gasteiger partial charge in [0.15, 0.2) is 5.54 Å². The molecule has 1 aliphatic heterocycles. The molecular formula is C35H29N2O2. The molecule has 0 fully saturated rings. The number of benzene rings is 6. The van der Waals surface area contributed by atoms with Crippen LogP contribution in [0.25, 0.3) is 54.2 Å². The zero-order valence-electron chi connectivity index (χ0n) is 22.5. The Morgan fingerprint density at radius 2 is 1.00 bits per heavy atom. The van der Waals surface area contributed by atoms with Gasteiger partial charge in [-0.3, -0.25) is 4.74 Å². The molecule has 0 saturated heterocycles. The van der Waals surface area contributed by atoms with Gasteiger partial charge >= 0.3 is 5.84 Å². The first kappa shape index (κ1) is 23.7. The molecule has 0 bridgehead atoms. The number of hydrogen-bond acceptors (Lipinski definition) is 2. The van der Waals surface area contributed by atoms with Gasteiger partial charge in [0.1, 0.15) is 5.54 Å². The summed E-state index contributed by atoms with van der Waals surface area (Å²) in [4.78, 5) is 0. The summed E-state index contributed by atoms with van der Waals surface area (Å²) >= 11 is 0. The van der Waals surface area contributed by atoms with Crippen LogP contribution in [0.2, 0.25) is 0 Å². The van der Waals surface area contributed by atoms with E-state index in [1.807, 2.05) is 52.0 Å². The van der Waals surface area contributed by atoms with E-state index in [0.717, 1.165) is 20.9 Å². The highest BCUT2D eigenvalue weighted by molar-refractivity contribution is 6.18. The number of rotatable bonds is 2. The highest BCUT2D eigenvalue weighted by Gasteiger charge is 2.59. The van der Waals surface area contributed by atoms with Crippen molar-refractivity contribution in [3.05, 3.63) is 114 Å². The average molecular weight is 510 g/mol. The molecule has 0 saturated carbocycles. The first-order valence-electron chi connectivity index (χ1n) is 13.4. The van der Waals surface area contributed by atoms with E-state index < -0.39 is 11.1 Å². The minimum Gasteiger partial charge on any atom is -0.714 e. The number of hydrogen-bond donors (Lipinski definition) is 0. The van der Waals surface area contributed by atoms with E-state index in [9.17, 15) is 10.4 Å². The van der Waals surface area contributed by atoms with Crippen LogP contribution in [0.4, 0.5) is 0 Å². The van der Waals surface area contributed by atoms with Crippen LogP contribution >= 0.6 is 0 Å². The SMILES string of the molecule is CC1(C)N([O])C(c2ccc(-c3c4cc5ccccc5cc4cc4cc5ccccc5cc34)cc2)=[N+]([O-])C1(C)C. The van der Waals surface area contributed by atoms with Gasteiger partial charge in [-0.05, 0) is 124 Å². The van der Waals surface area contributed by atoms with Gasteiger partial charge in [0.25, 0.3) is 0 Å². The van der Waals surface area contributed by atoms with Crippen LogP contribution in [0, 0.1) is 5.21 Å². The van der Waals surface area contributed by atoms with Gasteiger partial charge in [-0.15, -0.1) is 0 Å². The van der Waals surface area contributed by atoms with Crippen LogP contribution in [-0.4, -0.2) is 26.7 Å². The second kappa shape index (κ2) is 8.05. The van der Waals surface area contributed by atoms with Crippen molar-refractivity contribution in [1.29, 1.82) is 0 Å². The molecule has 0 spiro atoms. The van der Waals surface area contributed by atoms with Gasteiger partial charge in [0, 0.05) is 5.21 Å². The lowest BCUT2D eigenvalue weighted by molar-refractivity contribution is -0.539. The smallest absolute Gasteiger partial charge is 0.316 e. The molecule has 0 N–H and O–H groups in total. The Morgan fingerprint density at radius 3 is 1.44 bits per heavy atom. The van der Waals surface area contributed by atoms with E-state index in [-0.39, 0.29) is 5.84 Å². The second-order valence-corrected chi connectivity index (χ2v) is 11.7. The van der Waals surface area contributed by atoms with Gasteiger partial charge in [0.2, 0.25) is 0 Å². The summed E-state index contributed by atoms with van der Waals surface area (Å²) < 4.78 is 0.876. The molecule has 191 valence electrons. The molecule has 0 amide bonds. The first-order chi connectivity index (χ1) is 18.7. The quantitative estimate of drug-likeness (QED) is 0.134. The van der Waals surface area contributed by atoms with Crippen molar-refractivity contribution >= 4 is 48.9 Å². The summed E-state index contributed by atoms with van der Waals surface area (Å²) in [5.41, 5.74) is 1.13. The van der Waals surface area contributed by atoms with Crippen molar-refractivity contribution in [3.8, 4) is 11.1 Å². The minimum atomic E-state index is -0.850. The lowest BCUT2D eigenvalue weighted by Crippen LogP contribution is -2.53. The Hall–Kier alpha value is -4.41. The van der Waals surface area contributed by atoms with E-state index in [1.54, 1.807) is 0 Å². The molecule has 7 rings (SSSR count). The predicted molar refractivity (Wildman–Crippen MR) is 160 cm³/mol. The molecule has 1 aliphatic rings. The van der Waals surface area contributed by atoms with Gasteiger partial charge in [-0.2, -0.15) is 0 Å². The maximum absolute atomic E-state index is 13.2. The Morgan fingerprint density at radius 1 is 0.590 bits per heavy atom. The van der Waals surface area contributed by atoms with Gasteiger partial charge in [-0.1, -0.05) is 65.7 Å². The van der Waals surface area contributed by atoms with Crippen LogP contribution < -0.4 is 0 Å². The Kier molecular flexibility index (Phi) is 4.89. The summed E-state index contributed by atoms with van der Waals surface area (Å²) in [6.45, 7) is 7.29. The molecule has 0 aromatic heterocycles. The lowest BCUT2D eigenvalue weighted by Gasteiger charge is -2.32. The largest absolute Gasteiger partial charge is 0.714 e. The minimum absolute atomic E-state index is 0.163. The van der Waals surface area contributed by atoms with Crippen molar-refractivity contribution in [3.63, 3.8) is 0 Å².